The average Bonchev–Trinajstić information content (AvgIpc) is 2.67. The molecule has 2 aromatic carbocycles. The zero-order valence-corrected chi connectivity index (χ0v) is 14.5. The second-order valence-corrected chi connectivity index (χ2v) is 6.21. The summed E-state index contributed by atoms with van der Waals surface area (Å²) in [6, 6.07) is 12.4. The highest BCUT2D eigenvalue weighted by molar-refractivity contribution is 5.83. The van der Waals surface area contributed by atoms with E-state index in [4.69, 9.17) is 14.5 Å². The Hall–Kier alpha value is -2.66. The Balaban J connectivity index is 1.73. The summed E-state index contributed by atoms with van der Waals surface area (Å²) in [5.41, 5.74) is 5.32. The summed E-state index contributed by atoms with van der Waals surface area (Å²) in [5.74, 6) is 1.79. The molecule has 2 heterocycles. The SMILES string of the molecule is COc1ccc(-c2ccc3ncc(N4CCOCC4)nc3c2)c(C)c1. The number of anilines is 1. The Morgan fingerprint density at radius 1 is 1.04 bits per heavy atom. The van der Waals surface area contributed by atoms with Crippen LogP contribution in [0.25, 0.3) is 22.2 Å². The van der Waals surface area contributed by atoms with Gasteiger partial charge in [0.1, 0.15) is 11.6 Å². The van der Waals surface area contributed by atoms with Gasteiger partial charge in [-0.25, -0.2) is 4.98 Å². The quantitative estimate of drug-likeness (QED) is 0.734. The third kappa shape index (κ3) is 3.15. The fraction of sp³-hybridized carbons (Fsp3) is 0.300. The molecule has 1 aromatic heterocycles. The van der Waals surface area contributed by atoms with Crippen LogP contribution in [-0.4, -0.2) is 43.4 Å². The highest BCUT2D eigenvalue weighted by Crippen LogP contribution is 2.29. The van der Waals surface area contributed by atoms with Crippen LogP contribution in [0.1, 0.15) is 5.56 Å². The molecular formula is C20H21N3O2. The van der Waals surface area contributed by atoms with Gasteiger partial charge < -0.3 is 14.4 Å². The molecule has 128 valence electrons. The summed E-state index contributed by atoms with van der Waals surface area (Å²) in [6.45, 7) is 5.29. The van der Waals surface area contributed by atoms with Crippen LogP contribution in [0.4, 0.5) is 5.82 Å². The van der Waals surface area contributed by atoms with E-state index in [9.17, 15) is 0 Å². The molecular weight excluding hydrogens is 314 g/mol. The first-order chi connectivity index (χ1) is 12.2. The van der Waals surface area contributed by atoms with E-state index in [2.05, 4.69) is 41.1 Å². The summed E-state index contributed by atoms with van der Waals surface area (Å²) in [6.07, 6.45) is 1.85. The number of morpholine rings is 1. The smallest absolute Gasteiger partial charge is 0.148 e. The van der Waals surface area contributed by atoms with Gasteiger partial charge in [-0.05, 0) is 47.9 Å². The summed E-state index contributed by atoms with van der Waals surface area (Å²) in [4.78, 5) is 11.6. The molecule has 1 saturated heterocycles. The first-order valence-electron chi connectivity index (χ1n) is 8.49. The van der Waals surface area contributed by atoms with Gasteiger partial charge in [-0.3, -0.25) is 4.98 Å². The van der Waals surface area contributed by atoms with Gasteiger partial charge in [0.25, 0.3) is 0 Å². The van der Waals surface area contributed by atoms with E-state index in [1.54, 1.807) is 7.11 Å². The molecule has 4 rings (SSSR count). The molecule has 0 N–H and O–H groups in total. The first kappa shape index (κ1) is 15.8. The van der Waals surface area contributed by atoms with Crippen LogP contribution in [-0.2, 0) is 4.74 Å². The van der Waals surface area contributed by atoms with Crippen LogP contribution in [0.5, 0.6) is 5.75 Å². The molecule has 0 saturated carbocycles. The van der Waals surface area contributed by atoms with Gasteiger partial charge in [0.2, 0.25) is 0 Å². The number of benzene rings is 2. The molecule has 0 spiro atoms. The zero-order valence-electron chi connectivity index (χ0n) is 14.5. The Morgan fingerprint density at radius 2 is 1.88 bits per heavy atom. The van der Waals surface area contributed by atoms with Crippen molar-refractivity contribution in [2.75, 3.05) is 38.3 Å². The molecule has 25 heavy (non-hydrogen) atoms. The fourth-order valence-electron chi connectivity index (χ4n) is 3.20. The minimum Gasteiger partial charge on any atom is -0.497 e. The molecule has 0 atom stereocenters. The maximum absolute atomic E-state index is 5.42. The van der Waals surface area contributed by atoms with E-state index in [0.717, 1.165) is 54.5 Å². The normalized spacial score (nSPS) is 14.7. The summed E-state index contributed by atoms with van der Waals surface area (Å²) in [7, 11) is 1.69. The molecule has 0 aliphatic carbocycles. The number of methoxy groups -OCH3 is 1. The largest absolute Gasteiger partial charge is 0.497 e. The monoisotopic (exact) mass is 335 g/mol. The molecule has 0 unspecified atom stereocenters. The van der Waals surface area contributed by atoms with Crippen molar-refractivity contribution in [1.82, 2.24) is 9.97 Å². The van der Waals surface area contributed by atoms with Crippen molar-refractivity contribution in [2.24, 2.45) is 0 Å². The predicted molar refractivity (Wildman–Crippen MR) is 99.3 cm³/mol. The highest BCUT2D eigenvalue weighted by atomic mass is 16.5. The van der Waals surface area contributed by atoms with E-state index in [1.807, 2.05) is 18.3 Å². The maximum atomic E-state index is 5.42. The van der Waals surface area contributed by atoms with Crippen LogP contribution in [0.3, 0.4) is 0 Å². The van der Waals surface area contributed by atoms with E-state index >= 15 is 0 Å². The number of ether oxygens (including phenoxy) is 2. The van der Waals surface area contributed by atoms with Gasteiger partial charge in [0.05, 0.1) is 37.6 Å². The molecule has 3 aromatic rings. The predicted octanol–water partition coefficient (Wildman–Crippen LogP) is 3.45. The molecule has 1 aliphatic rings. The zero-order chi connectivity index (χ0) is 17.2. The standard InChI is InChI=1S/C20H21N3O2/c1-14-11-16(24-2)4-5-17(14)15-3-6-18-19(12-15)22-20(13-21-18)23-7-9-25-10-8-23/h3-6,11-13H,7-10H2,1-2H3. The lowest BCUT2D eigenvalue weighted by Crippen LogP contribution is -2.36. The fourth-order valence-corrected chi connectivity index (χ4v) is 3.20. The number of rotatable bonds is 3. The first-order valence-corrected chi connectivity index (χ1v) is 8.49. The third-order valence-corrected chi connectivity index (χ3v) is 4.61. The Morgan fingerprint density at radius 3 is 2.64 bits per heavy atom. The Labute approximate surface area is 147 Å². The highest BCUT2D eigenvalue weighted by Gasteiger charge is 2.14. The lowest BCUT2D eigenvalue weighted by atomic mass is 10.00. The number of nitrogens with zero attached hydrogens (tertiary/aromatic N) is 3. The summed E-state index contributed by atoms with van der Waals surface area (Å²) < 4.78 is 10.7. The van der Waals surface area contributed by atoms with Crippen LogP contribution < -0.4 is 9.64 Å². The van der Waals surface area contributed by atoms with Crippen molar-refractivity contribution in [3.63, 3.8) is 0 Å². The number of aryl methyl sites for hydroxylation is 1. The molecule has 5 heteroatoms. The van der Waals surface area contributed by atoms with Crippen molar-refractivity contribution in [1.29, 1.82) is 0 Å². The van der Waals surface area contributed by atoms with Gasteiger partial charge in [-0.2, -0.15) is 0 Å². The second-order valence-electron chi connectivity index (χ2n) is 6.21. The maximum Gasteiger partial charge on any atom is 0.148 e. The van der Waals surface area contributed by atoms with Crippen molar-refractivity contribution in [2.45, 2.75) is 6.92 Å². The lowest BCUT2D eigenvalue weighted by Gasteiger charge is -2.27. The van der Waals surface area contributed by atoms with E-state index < -0.39 is 0 Å². The molecule has 0 bridgehead atoms. The van der Waals surface area contributed by atoms with E-state index in [-0.39, 0.29) is 0 Å². The van der Waals surface area contributed by atoms with Crippen LogP contribution in [0.2, 0.25) is 0 Å². The van der Waals surface area contributed by atoms with Crippen molar-refractivity contribution in [3.8, 4) is 16.9 Å². The number of fused-ring (bicyclic) bond motifs is 1. The van der Waals surface area contributed by atoms with Crippen molar-refractivity contribution < 1.29 is 9.47 Å². The van der Waals surface area contributed by atoms with Gasteiger partial charge in [-0.15, -0.1) is 0 Å². The number of hydrogen-bond donors (Lipinski definition) is 0. The van der Waals surface area contributed by atoms with Crippen molar-refractivity contribution >= 4 is 16.9 Å². The minimum absolute atomic E-state index is 0.741. The lowest BCUT2D eigenvalue weighted by molar-refractivity contribution is 0.122. The van der Waals surface area contributed by atoms with E-state index in [0.29, 0.717) is 0 Å². The molecule has 5 nitrogen and oxygen atoms in total. The van der Waals surface area contributed by atoms with Gasteiger partial charge in [0.15, 0.2) is 0 Å². The Kier molecular flexibility index (Phi) is 4.24. The van der Waals surface area contributed by atoms with Gasteiger partial charge in [0, 0.05) is 13.1 Å². The molecule has 1 fully saturated rings. The van der Waals surface area contributed by atoms with Crippen LogP contribution in [0.15, 0.2) is 42.6 Å². The number of hydrogen-bond acceptors (Lipinski definition) is 5. The average molecular weight is 335 g/mol. The molecule has 0 radical (unpaired) electrons. The molecule has 0 amide bonds. The summed E-state index contributed by atoms with van der Waals surface area (Å²) in [5, 5.41) is 0. The van der Waals surface area contributed by atoms with Crippen LogP contribution >= 0.6 is 0 Å². The van der Waals surface area contributed by atoms with Gasteiger partial charge >= 0.3 is 0 Å². The summed E-state index contributed by atoms with van der Waals surface area (Å²) >= 11 is 0. The minimum atomic E-state index is 0.741. The third-order valence-electron chi connectivity index (χ3n) is 4.61. The molecule has 1 aliphatic heterocycles. The second kappa shape index (κ2) is 6.69. The Bertz CT molecular complexity index is 905. The van der Waals surface area contributed by atoms with E-state index in [1.165, 1.54) is 11.1 Å². The topological polar surface area (TPSA) is 47.5 Å². The number of aromatic nitrogens is 2. The van der Waals surface area contributed by atoms with Gasteiger partial charge in [-0.1, -0.05) is 12.1 Å². The van der Waals surface area contributed by atoms with Crippen LogP contribution in [0, 0.1) is 6.92 Å². The van der Waals surface area contributed by atoms with Crippen molar-refractivity contribution in [3.05, 3.63) is 48.2 Å².